The molecule has 0 unspecified atom stereocenters. The number of hydrogen-bond donors (Lipinski definition) is 2. The molecule has 0 radical (unpaired) electrons. The molecule has 0 heterocycles. The lowest BCUT2D eigenvalue weighted by atomic mass is 10.2. The van der Waals surface area contributed by atoms with E-state index in [1.54, 1.807) is 7.11 Å². The van der Waals surface area contributed by atoms with E-state index < -0.39 is 10.0 Å². The summed E-state index contributed by atoms with van der Waals surface area (Å²) < 4.78 is 38.0. The fraction of sp³-hybridized carbons (Fsp3) is 0.316. The minimum atomic E-state index is -3.74. The normalized spacial score (nSPS) is 13.9. The number of sulfonamides is 1. The molecule has 0 aliphatic heterocycles. The number of ether oxygens (including phenoxy) is 2. The summed E-state index contributed by atoms with van der Waals surface area (Å²) in [6.07, 6.45) is 1.64. The molecule has 1 aliphatic carbocycles. The second-order valence-electron chi connectivity index (χ2n) is 6.30. The maximum absolute atomic E-state index is 12.6. The number of carbonyl (C=O) groups excluding carboxylic acids is 1. The van der Waals surface area contributed by atoms with Crippen molar-refractivity contribution in [3.8, 4) is 11.5 Å². The highest BCUT2D eigenvalue weighted by molar-refractivity contribution is 7.89. The minimum Gasteiger partial charge on any atom is -0.497 e. The molecule has 1 fully saturated rings. The van der Waals surface area contributed by atoms with E-state index in [0.29, 0.717) is 12.3 Å². The number of methoxy groups -OCH3 is 2. The van der Waals surface area contributed by atoms with E-state index in [-0.39, 0.29) is 28.2 Å². The Morgan fingerprint density at radius 2 is 1.89 bits per heavy atom. The first-order valence-corrected chi connectivity index (χ1v) is 10.0. The Kier molecular flexibility index (Phi) is 5.67. The van der Waals surface area contributed by atoms with Crippen LogP contribution in [0.2, 0.25) is 0 Å². The van der Waals surface area contributed by atoms with E-state index in [1.807, 2.05) is 24.3 Å². The van der Waals surface area contributed by atoms with Crippen molar-refractivity contribution in [1.29, 1.82) is 0 Å². The topological polar surface area (TPSA) is 93.7 Å². The van der Waals surface area contributed by atoms with Crippen molar-refractivity contribution in [1.82, 2.24) is 10.0 Å². The summed E-state index contributed by atoms with van der Waals surface area (Å²) in [6.45, 7) is 0.296. The summed E-state index contributed by atoms with van der Waals surface area (Å²) in [5.74, 6) is 0.529. The number of nitrogens with one attached hydrogen (secondary N) is 2. The van der Waals surface area contributed by atoms with Crippen LogP contribution in [-0.2, 0) is 16.6 Å². The zero-order valence-corrected chi connectivity index (χ0v) is 16.0. The number of carbonyl (C=O) groups is 1. The molecule has 2 N–H and O–H groups in total. The molecule has 0 aromatic heterocycles. The highest BCUT2D eigenvalue weighted by atomic mass is 32.2. The molecule has 2 aromatic carbocycles. The molecule has 8 heteroatoms. The number of hydrogen-bond acceptors (Lipinski definition) is 5. The Bertz CT molecular complexity index is 939. The van der Waals surface area contributed by atoms with E-state index >= 15 is 0 Å². The Morgan fingerprint density at radius 3 is 2.56 bits per heavy atom. The third-order valence-electron chi connectivity index (χ3n) is 4.20. The lowest BCUT2D eigenvalue weighted by Crippen LogP contribution is -2.27. The number of rotatable bonds is 8. The predicted molar refractivity (Wildman–Crippen MR) is 101 cm³/mol. The highest BCUT2D eigenvalue weighted by Crippen LogP contribution is 2.28. The third-order valence-corrected chi connectivity index (χ3v) is 5.74. The molecule has 27 heavy (non-hydrogen) atoms. The molecule has 1 aliphatic rings. The van der Waals surface area contributed by atoms with Crippen LogP contribution in [0.15, 0.2) is 47.4 Å². The van der Waals surface area contributed by atoms with E-state index in [2.05, 4.69) is 10.0 Å². The molecule has 2 aromatic rings. The van der Waals surface area contributed by atoms with Gasteiger partial charge in [0, 0.05) is 18.2 Å². The number of benzene rings is 2. The van der Waals surface area contributed by atoms with Gasteiger partial charge in [0.15, 0.2) is 0 Å². The fourth-order valence-electron chi connectivity index (χ4n) is 2.58. The van der Waals surface area contributed by atoms with Crippen LogP contribution < -0.4 is 19.5 Å². The Hall–Kier alpha value is -2.58. The zero-order chi connectivity index (χ0) is 19.4. The van der Waals surface area contributed by atoms with Crippen molar-refractivity contribution in [3.63, 3.8) is 0 Å². The van der Waals surface area contributed by atoms with Gasteiger partial charge in [0.2, 0.25) is 10.0 Å². The van der Waals surface area contributed by atoms with E-state index in [9.17, 15) is 13.2 Å². The lowest BCUT2D eigenvalue weighted by molar-refractivity contribution is 0.0950. The van der Waals surface area contributed by atoms with Crippen LogP contribution in [0.1, 0.15) is 28.8 Å². The molecular formula is C19H22N2O5S. The molecule has 144 valence electrons. The molecule has 0 atom stereocenters. The number of amides is 1. The molecule has 0 spiro atoms. The van der Waals surface area contributed by atoms with Crippen molar-refractivity contribution in [2.24, 2.45) is 0 Å². The summed E-state index contributed by atoms with van der Waals surface area (Å²) in [6, 6.07) is 11.7. The quantitative estimate of drug-likeness (QED) is 0.720. The van der Waals surface area contributed by atoms with E-state index in [0.717, 1.165) is 18.4 Å². The maximum atomic E-state index is 12.6. The molecule has 7 nitrogen and oxygen atoms in total. The van der Waals surface area contributed by atoms with E-state index in [4.69, 9.17) is 9.47 Å². The van der Waals surface area contributed by atoms with Crippen LogP contribution in [0, 0.1) is 0 Å². The van der Waals surface area contributed by atoms with Crippen LogP contribution in [0.4, 0.5) is 0 Å². The van der Waals surface area contributed by atoms with Crippen molar-refractivity contribution in [2.75, 3.05) is 14.2 Å². The first kappa shape index (κ1) is 19.2. The monoisotopic (exact) mass is 390 g/mol. The second kappa shape index (κ2) is 7.98. The summed E-state index contributed by atoms with van der Waals surface area (Å²) in [5, 5.41) is 2.79. The van der Waals surface area contributed by atoms with Crippen LogP contribution in [0.3, 0.4) is 0 Å². The lowest BCUT2D eigenvalue weighted by Gasteiger charge is -2.12. The van der Waals surface area contributed by atoms with Crippen LogP contribution >= 0.6 is 0 Å². The largest absolute Gasteiger partial charge is 0.497 e. The molecule has 0 bridgehead atoms. The van der Waals surface area contributed by atoms with Crippen molar-refractivity contribution < 1.29 is 22.7 Å². The zero-order valence-electron chi connectivity index (χ0n) is 15.2. The van der Waals surface area contributed by atoms with Gasteiger partial charge in [-0.15, -0.1) is 0 Å². The summed E-state index contributed by atoms with van der Waals surface area (Å²) >= 11 is 0. The van der Waals surface area contributed by atoms with Gasteiger partial charge in [0.05, 0.1) is 14.2 Å². The standard InChI is InChI=1S/C19H22N2O5S/c1-25-16-5-3-4-13(10-16)12-20-19(22)14-6-9-17(26-2)18(11-14)27(23,24)21-15-7-8-15/h3-6,9-11,15,21H,7-8,12H2,1-2H3,(H,20,22). The predicted octanol–water partition coefficient (Wildman–Crippen LogP) is 2.07. The average molecular weight is 390 g/mol. The maximum Gasteiger partial charge on any atom is 0.251 e. The summed E-state index contributed by atoms with van der Waals surface area (Å²) in [7, 11) is -0.771. The van der Waals surface area contributed by atoms with Gasteiger partial charge in [0.1, 0.15) is 16.4 Å². The molecule has 1 saturated carbocycles. The fourth-order valence-corrected chi connectivity index (χ4v) is 4.08. The van der Waals surface area contributed by atoms with Gasteiger partial charge in [-0.3, -0.25) is 4.79 Å². The molecular weight excluding hydrogens is 368 g/mol. The van der Waals surface area contributed by atoms with Gasteiger partial charge in [-0.2, -0.15) is 0 Å². The Morgan fingerprint density at radius 1 is 1.11 bits per heavy atom. The molecule has 1 amide bonds. The van der Waals surface area contributed by atoms with Gasteiger partial charge < -0.3 is 14.8 Å². The summed E-state index contributed by atoms with van der Waals surface area (Å²) in [4.78, 5) is 12.5. The van der Waals surface area contributed by atoms with Crippen LogP contribution in [0.25, 0.3) is 0 Å². The van der Waals surface area contributed by atoms with Gasteiger partial charge in [-0.05, 0) is 48.7 Å². The van der Waals surface area contributed by atoms with Gasteiger partial charge in [0.25, 0.3) is 5.91 Å². The van der Waals surface area contributed by atoms with E-state index in [1.165, 1.54) is 25.3 Å². The minimum absolute atomic E-state index is 0.0362. The average Bonchev–Trinajstić information content (AvgIpc) is 3.49. The van der Waals surface area contributed by atoms with Crippen molar-refractivity contribution >= 4 is 15.9 Å². The van der Waals surface area contributed by atoms with Gasteiger partial charge in [-0.1, -0.05) is 12.1 Å². The third kappa shape index (κ3) is 4.78. The van der Waals surface area contributed by atoms with Crippen LogP contribution in [-0.4, -0.2) is 34.6 Å². The molecule has 0 saturated heterocycles. The summed E-state index contributed by atoms with van der Waals surface area (Å²) in [5.41, 5.74) is 1.12. The van der Waals surface area contributed by atoms with Gasteiger partial charge in [-0.25, -0.2) is 13.1 Å². The first-order chi connectivity index (χ1) is 12.9. The van der Waals surface area contributed by atoms with Crippen LogP contribution in [0.5, 0.6) is 11.5 Å². The highest BCUT2D eigenvalue weighted by Gasteiger charge is 2.30. The Balaban J connectivity index is 1.77. The smallest absolute Gasteiger partial charge is 0.251 e. The van der Waals surface area contributed by atoms with Crippen molar-refractivity contribution in [2.45, 2.75) is 30.3 Å². The first-order valence-electron chi connectivity index (χ1n) is 8.54. The molecule has 3 rings (SSSR count). The second-order valence-corrected chi connectivity index (χ2v) is 7.98. The SMILES string of the molecule is COc1cccc(CNC(=O)c2ccc(OC)c(S(=O)(=O)NC3CC3)c2)c1. The van der Waals surface area contributed by atoms with Gasteiger partial charge >= 0.3 is 0 Å². The van der Waals surface area contributed by atoms with Crippen molar-refractivity contribution in [3.05, 3.63) is 53.6 Å². The Labute approximate surface area is 158 Å².